The molecule has 0 spiro atoms. The van der Waals surface area contributed by atoms with E-state index in [9.17, 15) is 0 Å². The Morgan fingerprint density at radius 2 is 2.47 bits per heavy atom. The van der Waals surface area contributed by atoms with E-state index in [2.05, 4.69) is 16.7 Å². The molecule has 0 aliphatic heterocycles. The predicted octanol–water partition coefficient (Wildman–Crippen LogP) is 1.35. The Morgan fingerprint density at radius 1 is 1.67 bits per heavy atom. The molecule has 3 N–H and O–H groups in total. The summed E-state index contributed by atoms with van der Waals surface area (Å²) in [5.74, 6) is 7.33. The van der Waals surface area contributed by atoms with Crippen molar-refractivity contribution < 1.29 is 4.74 Å². The van der Waals surface area contributed by atoms with Crippen LogP contribution < -0.4 is 16.0 Å². The number of methoxy groups -OCH3 is 1. The monoisotopic (exact) mass is 227 g/mol. The van der Waals surface area contributed by atoms with Crippen LogP contribution in [0.5, 0.6) is 5.75 Å². The van der Waals surface area contributed by atoms with Gasteiger partial charge in [0, 0.05) is 6.20 Å². The Balaban J connectivity index is 2.80. The van der Waals surface area contributed by atoms with E-state index >= 15 is 0 Å². The zero-order valence-corrected chi connectivity index (χ0v) is 9.88. The fourth-order valence-electron chi connectivity index (χ4n) is 1.37. The number of hydrogen-bond acceptors (Lipinski definition) is 5. The SMILES string of the molecule is COc1cccnc1C(CCSC)NN. The van der Waals surface area contributed by atoms with E-state index in [0.29, 0.717) is 0 Å². The molecule has 0 saturated carbocycles. The number of rotatable bonds is 6. The summed E-state index contributed by atoms with van der Waals surface area (Å²) in [6, 6.07) is 3.80. The molecule has 1 unspecified atom stereocenters. The van der Waals surface area contributed by atoms with Gasteiger partial charge in [0.25, 0.3) is 0 Å². The smallest absolute Gasteiger partial charge is 0.142 e. The van der Waals surface area contributed by atoms with Gasteiger partial charge >= 0.3 is 0 Å². The van der Waals surface area contributed by atoms with E-state index in [1.807, 2.05) is 12.1 Å². The number of nitrogens with one attached hydrogen (secondary N) is 1. The number of hydrogen-bond donors (Lipinski definition) is 2. The van der Waals surface area contributed by atoms with E-state index in [0.717, 1.165) is 23.6 Å². The molecule has 0 fully saturated rings. The Morgan fingerprint density at radius 3 is 3.07 bits per heavy atom. The van der Waals surface area contributed by atoms with Crippen LogP contribution in [-0.2, 0) is 0 Å². The number of aromatic nitrogens is 1. The third-order valence-corrected chi connectivity index (χ3v) is 2.81. The van der Waals surface area contributed by atoms with Crippen LogP contribution >= 0.6 is 11.8 Å². The number of pyridine rings is 1. The van der Waals surface area contributed by atoms with Gasteiger partial charge in [-0.05, 0) is 30.6 Å². The Bertz CT molecular complexity index is 296. The minimum absolute atomic E-state index is 0.0496. The molecule has 1 heterocycles. The molecule has 84 valence electrons. The fourth-order valence-corrected chi connectivity index (χ4v) is 1.84. The number of hydrazine groups is 1. The predicted molar refractivity (Wildman–Crippen MR) is 63.9 cm³/mol. The maximum atomic E-state index is 5.51. The third-order valence-electron chi connectivity index (χ3n) is 2.16. The quantitative estimate of drug-likeness (QED) is 0.567. The summed E-state index contributed by atoms with van der Waals surface area (Å²) in [6.07, 6.45) is 4.76. The van der Waals surface area contributed by atoms with Gasteiger partial charge in [0.15, 0.2) is 0 Å². The van der Waals surface area contributed by atoms with Gasteiger partial charge in [0.2, 0.25) is 0 Å². The van der Waals surface area contributed by atoms with Crippen LogP contribution in [0.1, 0.15) is 18.2 Å². The highest BCUT2D eigenvalue weighted by molar-refractivity contribution is 7.98. The second-order valence-electron chi connectivity index (χ2n) is 3.09. The largest absolute Gasteiger partial charge is 0.495 e. The zero-order valence-electron chi connectivity index (χ0n) is 9.06. The summed E-state index contributed by atoms with van der Waals surface area (Å²) in [6.45, 7) is 0. The summed E-state index contributed by atoms with van der Waals surface area (Å²) in [4.78, 5) is 4.30. The van der Waals surface area contributed by atoms with Gasteiger partial charge in [-0.2, -0.15) is 11.8 Å². The van der Waals surface area contributed by atoms with Gasteiger partial charge in [-0.25, -0.2) is 0 Å². The molecule has 0 aliphatic rings. The van der Waals surface area contributed by atoms with Gasteiger partial charge in [-0.15, -0.1) is 0 Å². The van der Waals surface area contributed by atoms with E-state index in [-0.39, 0.29) is 6.04 Å². The average Bonchev–Trinajstić information content (AvgIpc) is 2.30. The van der Waals surface area contributed by atoms with Crippen LogP contribution in [0.2, 0.25) is 0 Å². The van der Waals surface area contributed by atoms with Crippen molar-refractivity contribution in [1.29, 1.82) is 0 Å². The second kappa shape index (κ2) is 6.66. The first kappa shape index (κ1) is 12.3. The average molecular weight is 227 g/mol. The number of nitrogens with two attached hydrogens (primary N) is 1. The van der Waals surface area contributed by atoms with E-state index in [1.165, 1.54) is 0 Å². The molecule has 5 heteroatoms. The lowest BCUT2D eigenvalue weighted by Gasteiger charge is -2.17. The molecule has 0 bridgehead atoms. The summed E-state index contributed by atoms with van der Waals surface area (Å²) in [5, 5.41) is 0. The number of thioether (sulfide) groups is 1. The van der Waals surface area contributed by atoms with Crippen LogP contribution in [0.25, 0.3) is 0 Å². The van der Waals surface area contributed by atoms with Crippen molar-refractivity contribution in [3.63, 3.8) is 0 Å². The minimum Gasteiger partial charge on any atom is -0.495 e. The van der Waals surface area contributed by atoms with Gasteiger partial charge in [0.1, 0.15) is 11.4 Å². The highest BCUT2D eigenvalue weighted by atomic mass is 32.2. The van der Waals surface area contributed by atoms with Crippen LogP contribution in [0, 0.1) is 0 Å². The lowest BCUT2D eigenvalue weighted by atomic mass is 10.1. The Kier molecular flexibility index (Phi) is 5.45. The number of ether oxygens (including phenoxy) is 1. The minimum atomic E-state index is 0.0496. The van der Waals surface area contributed by atoms with E-state index in [4.69, 9.17) is 10.6 Å². The highest BCUT2D eigenvalue weighted by Crippen LogP contribution is 2.24. The van der Waals surface area contributed by atoms with Crippen molar-refractivity contribution >= 4 is 11.8 Å². The first-order valence-corrected chi connectivity index (χ1v) is 6.16. The van der Waals surface area contributed by atoms with Crippen LogP contribution in [0.3, 0.4) is 0 Å². The summed E-state index contributed by atoms with van der Waals surface area (Å²) < 4.78 is 5.24. The van der Waals surface area contributed by atoms with Crippen molar-refractivity contribution in [3.8, 4) is 5.75 Å². The van der Waals surface area contributed by atoms with Crippen LogP contribution in [-0.4, -0.2) is 24.1 Å². The second-order valence-corrected chi connectivity index (χ2v) is 4.08. The first-order chi connectivity index (χ1) is 7.33. The van der Waals surface area contributed by atoms with Crippen molar-refractivity contribution in [2.75, 3.05) is 19.1 Å². The van der Waals surface area contributed by atoms with Gasteiger partial charge in [-0.1, -0.05) is 0 Å². The number of nitrogens with zero attached hydrogens (tertiary/aromatic N) is 1. The van der Waals surface area contributed by atoms with Gasteiger partial charge in [-0.3, -0.25) is 16.3 Å². The lowest BCUT2D eigenvalue weighted by Crippen LogP contribution is -2.29. The summed E-state index contributed by atoms with van der Waals surface area (Å²) >= 11 is 1.79. The topological polar surface area (TPSA) is 60.2 Å². The van der Waals surface area contributed by atoms with Gasteiger partial charge in [0.05, 0.1) is 13.2 Å². The Labute approximate surface area is 94.6 Å². The molecule has 0 radical (unpaired) electrons. The molecule has 1 atom stereocenters. The molecule has 4 nitrogen and oxygen atoms in total. The molecular weight excluding hydrogens is 210 g/mol. The summed E-state index contributed by atoms with van der Waals surface area (Å²) in [5.41, 5.74) is 3.64. The molecule has 1 aromatic heterocycles. The molecule has 0 aliphatic carbocycles. The van der Waals surface area contributed by atoms with Crippen molar-refractivity contribution in [2.24, 2.45) is 5.84 Å². The standard InChI is InChI=1S/C10H17N3OS/c1-14-9-4-3-6-12-10(9)8(13-11)5-7-15-2/h3-4,6,8,13H,5,7,11H2,1-2H3. The lowest BCUT2D eigenvalue weighted by molar-refractivity contribution is 0.393. The molecule has 0 aromatic carbocycles. The maximum absolute atomic E-state index is 5.51. The van der Waals surface area contributed by atoms with Crippen LogP contribution in [0.15, 0.2) is 18.3 Å². The zero-order chi connectivity index (χ0) is 11.1. The molecule has 0 saturated heterocycles. The van der Waals surface area contributed by atoms with E-state index in [1.54, 1.807) is 25.1 Å². The molecular formula is C10H17N3OS. The van der Waals surface area contributed by atoms with Crippen molar-refractivity contribution in [1.82, 2.24) is 10.4 Å². The molecule has 1 rings (SSSR count). The van der Waals surface area contributed by atoms with Crippen molar-refractivity contribution in [2.45, 2.75) is 12.5 Å². The van der Waals surface area contributed by atoms with Crippen LogP contribution in [0.4, 0.5) is 0 Å². The summed E-state index contributed by atoms with van der Waals surface area (Å²) in [7, 11) is 1.64. The fraction of sp³-hybridized carbons (Fsp3) is 0.500. The van der Waals surface area contributed by atoms with Gasteiger partial charge < -0.3 is 4.74 Å². The van der Waals surface area contributed by atoms with Crippen molar-refractivity contribution in [3.05, 3.63) is 24.0 Å². The highest BCUT2D eigenvalue weighted by Gasteiger charge is 2.15. The Hall–Kier alpha value is -0.780. The third kappa shape index (κ3) is 3.37. The molecule has 15 heavy (non-hydrogen) atoms. The van der Waals surface area contributed by atoms with E-state index < -0.39 is 0 Å². The molecule has 1 aromatic rings. The normalized spacial score (nSPS) is 12.5. The molecule has 0 amide bonds. The first-order valence-electron chi connectivity index (χ1n) is 4.77. The maximum Gasteiger partial charge on any atom is 0.142 e.